The lowest BCUT2D eigenvalue weighted by Crippen LogP contribution is -2.44. The lowest BCUT2D eigenvalue weighted by Gasteiger charge is -2.14. The maximum absolute atomic E-state index is 13.4. The van der Waals surface area contributed by atoms with E-state index < -0.39 is 36.2 Å². The summed E-state index contributed by atoms with van der Waals surface area (Å²) in [6.07, 6.45) is -0.767. The van der Waals surface area contributed by atoms with Gasteiger partial charge in [0.05, 0.1) is 10.9 Å². The number of urea groups is 1. The third kappa shape index (κ3) is 5.03. The molecule has 0 aliphatic carbocycles. The molecule has 0 spiro atoms. The normalized spacial score (nSPS) is 11.6. The molecule has 0 aliphatic rings. The molecule has 0 saturated heterocycles. The van der Waals surface area contributed by atoms with Crippen LogP contribution < -0.4 is 10.6 Å². The fourth-order valence-electron chi connectivity index (χ4n) is 1.47. The van der Waals surface area contributed by atoms with E-state index in [9.17, 15) is 18.8 Å². The lowest BCUT2D eigenvalue weighted by atomic mass is 10.2. The van der Waals surface area contributed by atoms with Gasteiger partial charge in [-0.15, -0.1) is 0 Å². The quantitative estimate of drug-likeness (QED) is 0.638. The Morgan fingerprint density at radius 1 is 1.33 bits per heavy atom. The average Bonchev–Trinajstić information content (AvgIpc) is 2.34. The second kappa shape index (κ2) is 7.02. The summed E-state index contributed by atoms with van der Waals surface area (Å²) < 4.78 is 13.6. The summed E-state index contributed by atoms with van der Waals surface area (Å²) in [4.78, 5) is 33.0. The summed E-state index contributed by atoms with van der Waals surface area (Å²) in [7, 11) is 0. The standard InChI is InChI=1S/C12H12BrFN2O5/c1-5-2-6(13)7(14)3-8(5)15-12(21)16-9(11(19)20)4-10(17)18/h2-3,9H,4H2,1H3,(H,17,18)(H,19,20)(H2,15,16,21). The predicted octanol–water partition coefficient (Wildman–Crippen LogP) is 1.95. The smallest absolute Gasteiger partial charge is 0.326 e. The lowest BCUT2D eigenvalue weighted by molar-refractivity contribution is -0.145. The van der Waals surface area contributed by atoms with Crippen molar-refractivity contribution in [3.63, 3.8) is 0 Å². The van der Waals surface area contributed by atoms with Crippen LogP contribution in [0.4, 0.5) is 14.9 Å². The number of anilines is 1. The minimum Gasteiger partial charge on any atom is -0.481 e. The molecule has 1 unspecified atom stereocenters. The SMILES string of the molecule is Cc1cc(Br)c(F)cc1NC(=O)NC(CC(=O)O)C(=O)O. The molecule has 0 heterocycles. The number of hydrogen-bond acceptors (Lipinski definition) is 3. The summed E-state index contributed by atoms with van der Waals surface area (Å²) in [6, 6.07) is -0.0142. The van der Waals surface area contributed by atoms with Crippen molar-refractivity contribution in [2.45, 2.75) is 19.4 Å². The van der Waals surface area contributed by atoms with Crippen molar-refractivity contribution in [1.82, 2.24) is 5.32 Å². The third-order valence-electron chi connectivity index (χ3n) is 2.50. The van der Waals surface area contributed by atoms with Gasteiger partial charge in [-0.25, -0.2) is 14.0 Å². The first kappa shape index (κ1) is 16.9. The van der Waals surface area contributed by atoms with Gasteiger partial charge in [0.25, 0.3) is 0 Å². The van der Waals surface area contributed by atoms with Crippen LogP contribution in [0.2, 0.25) is 0 Å². The number of carboxylic acids is 2. The predicted molar refractivity (Wildman–Crippen MR) is 74.7 cm³/mol. The zero-order valence-electron chi connectivity index (χ0n) is 10.8. The summed E-state index contributed by atoms with van der Waals surface area (Å²) in [5.41, 5.74) is 0.691. The van der Waals surface area contributed by atoms with Crippen molar-refractivity contribution in [2.24, 2.45) is 0 Å². The van der Waals surface area contributed by atoms with E-state index >= 15 is 0 Å². The molecule has 21 heavy (non-hydrogen) atoms. The number of carbonyl (C=O) groups excluding carboxylic acids is 1. The van der Waals surface area contributed by atoms with Gasteiger partial charge in [-0.2, -0.15) is 0 Å². The Labute approximate surface area is 127 Å². The van der Waals surface area contributed by atoms with Crippen LogP contribution >= 0.6 is 15.9 Å². The van der Waals surface area contributed by atoms with Gasteiger partial charge < -0.3 is 20.8 Å². The molecule has 0 fully saturated rings. The van der Waals surface area contributed by atoms with Crippen molar-refractivity contribution < 1.29 is 29.0 Å². The number of rotatable bonds is 5. The number of halogens is 2. The van der Waals surface area contributed by atoms with E-state index in [2.05, 4.69) is 21.2 Å². The van der Waals surface area contributed by atoms with Gasteiger partial charge in [0.2, 0.25) is 0 Å². The van der Waals surface area contributed by atoms with Crippen LogP contribution in [0.5, 0.6) is 0 Å². The molecular formula is C12H12BrFN2O5. The van der Waals surface area contributed by atoms with Gasteiger partial charge in [0.15, 0.2) is 0 Å². The van der Waals surface area contributed by atoms with E-state index in [1.807, 2.05) is 5.32 Å². The minimum atomic E-state index is -1.58. The van der Waals surface area contributed by atoms with Gasteiger partial charge in [-0.3, -0.25) is 4.79 Å². The van der Waals surface area contributed by atoms with E-state index in [-0.39, 0.29) is 10.2 Å². The van der Waals surface area contributed by atoms with Crippen molar-refractivity contribution >= 4 is 39.6 Å². The molecule has 1 rings (SSSR count). The average molecular weight is 363 g/mol. The Kier molecular flexibility index (Phi) is 5.65. The molecule has 9 heteroatoms. The molecule has 4 N–H and O–H groups in total. The first-order valence-corrected chi connectivity index (χ1v) is 6.47. The van der Waals surface area contributed by atoms with Crippen molar-refractivity contribution in [3.8, 4) is 0 Å². The molecule has 1 aromatic carbocycles. The fourth-order valence-corrected chi connectivity index (χ4v) is 1.93. The zero-order valence-corrected chi connectivity index (χ0v) is 12.4. The highest BCUT2D eigenvalue weighted by molar-refractivity contribution is 9.10. The molecule has 2 amide bonds. The number of amides is 2. The maximum atomic E-state index is 13.4. The van der Waals surface area contributed by atoms with Gasteiger partial charge >= 0.3 is 18.0 Å². The zero-order chi connectivity index (χ0) is 16.2. The minimum absolute atomic E-state index is 0.146. The molecule has 0 bridgehead atoms. The Balaban J connectivity index is 2.79. The van der Waals surface area contributed by atoms with Gasteiger partial charge in [-0.05, 0) is 40.5 Å². The number of aryl methyl sites for hydroxylation is 1. The molecule has 0 aliphatic heterocycles. The van der Waals surface area contributed by atoms with E-state index in [1.54, 1.807) is 6.92 Å². The number of carbonyl (C=O) groups is 3. The molecule has 0 saturated carbocycles. The summed E-state index contributed by atoms with van der Waals surface area (Å²) in [6.45, 7) is 1.62. The summed E-state index contributed by atoms with van der Waals surface area (Å²) in [5, 5.41) is 21.6. The number of benzene rings is 1. The van der Waals surface area contributed by atoms with Crippen LogP contribution in [-0.2, 0) is 9.59 Å². The number of carboxylic acid groups (broad SMARTS) is 2. The van der Waals surface area contributed by atoms with Crippen molar-refractivity contribution in [1.29, 1.82) is 0 Å². The highest BCUT2D eigenvalue weighted by Crippen LogP contribution is 2.23. The van der Waals surface area contributed by atoms with Crippen LogP contribution in [0.3, 0.4) is 0 Å². The van der Waals surface area contributed by atoms with E-state index in [0.29, 0.717) is 5.56 Å². The Hall–Kier alpha value is -2.16. The first-order chi connectivity index (χ1) is 9.70. The van der Waals surface area contributed by atoms with Crippen molar-refractivity contribution in [3.05, 3.63) is 28.0 Å². The molecule has 0 aromatic heterocycles. The molecule has 114 valence electrons. The van der Waals surface area contributed by atoms with E-state index in [1.165, 1.54) is 6.07 Å². The van der Waals surface area contributed by atoms with E-state index in [0.717, 1.165) is 6.07 Å². The Morgan fingerprint density at radius 2 is 1.95 bits per heavy atom. The van der Waals surface area contributed by atoms with E-state index in [4.69, 9.17) is 10.2 Å². The Morgan fingerprint density at radius 3 is 2.48 bits per heavy atom. The highest BCUT2D eigenvalue weighted by atomic mass is 79.9. The maximum Gasteiger partial charge on any atom is 0.326 e. The highest BCUT2D eigenvalue weighted by Gasteiger charge is 2.23. The summed E-state index contributed by atoms with van der Waals surface area (Å²) in [5.74, 6) is -3.45. The second-order valence-electron chi connectivity index (χ2n) is 4.17. The molecule has 1 atom stereocenters. The second-order valence-corrected chi connectivity index (χ2v) is 5.02. The van der Waals surface area contributed by atoms with Gasteiger partial charge in [-0.1, -0.05) is 0 Å². The van der Waals surface area contributed by atoms with Crippen LogP contribution in [0.25, 0.3) is 0 Å². The molecule has 0 radical (unpaired) electrons. The molecular weight excluding hydrogens is 351 g/mol. The molecule has 1 aromatic rings. The summed E-state index contributed by atoms with van der Waals surface area (Å²) >= 11 is 2.99. The van der Waals surface area contributed by atoms with Crippen LogP contribution in [0.1, 0.15) is 12.0 Å². The van der Waals surface area contributed by atoms with Crippen LogP contribution in [-0.4, -0.2) is 34.2 Å². The van der Waals surface area contributed by atoms with Crippen LogP contribution in [0.15, 0.2) is 16.6 Å². The third-order valence-corrected chi connectivity index (χ3v) is 3.11. The molecule has 7 nitrogen and oxygen atoms in total. The largest absolute Gasteiger partial charge is 0.481 e. The van der Waals surface area contributed by atoms with Crippen molar-refractivity contribution in [2.75, 3.05) is 5.32 Å². The topological polar surface area (TPSA) is 116 Å². The van der Waals surface area contributed by atoms with Gasteiger partial charge in [0.1, 0.15) is 11.9 Å². The monoisotopic (exact) mass is 362 g/mol. The fraction of sp³-hybridized carbons (Fsp3) is 0.250. The Bertz CT molecular complexity index is 593. The van der Waals surface area contributed by atoms with Gasteiger partial charge in [0, 0.05) is 5.69 Å². The number of nitrogens with one attached hydrogen (secondary N) is 2. The first-order valence-electron chi connectivity index (χ1n) is 5.68. The number of hydrogen-bond donors (Lipinski definition) is 4. The number of aliphatic carboxylic acids is 2. The van der Waals surface area contributed by atoms with Crippen LogP contribution in [0, 0.1) is 12.7 Å².